The first-order valence-electron chi connectivity index (χ1n) is 8.79. The minimum atomic E-state index is 1.11. The summed E-state index contributed by atoms with van der Waals surface area (Å²) in [5.41, 5.74) is 8.08. The van der Waals surface area contributed by atoms with E-state index in [1.54, 1.807) is 5.56 Å². The summed E-state index contributed by atoms with van der Waals surface area (Å²) in [4.78, 5) is 8.26. The molecule has 2 aliphatic carbocycles. The molecule has 120 valence electrons. The molecule has 0 radical (unpaired) electrons. The molecule has 2 heterocycles. The van der Waals surface area contributed by atoms with Gasteiger partial charge in [0.2, 0.25) is 0 Å². The topological polar surface area (TPSA) is 28.7 Å². The summed E-state index contributed by atoms with van der Waals surface area (Å²) in [7, 11) is 0. The third-order valence-corrected chi connectivity index (χ3v) is 5.98. The van der Waals surface area contributed by atoms with Gasteiger partial charge in [0, 0.05) is 28.2 Å². The molecule has 0 amide bonds. The number of nitrogens with zero attached hydrogens (tertiary/aromatic N) is 1. The molecule has 3 heteroatoms. The second-order valence-electron chi connectivity index (χ2n) is 6.82. The van der Waals surface area contributed by atoms with Crippen molar-refractivity contribution in [2.45, 2.75) is 38.5 Å². The molecule has 2 aromatic heterocycles. The lowest BCUT2D eigenvalue weighted by atomic mass is 9.84. The van der Waals surface area contributed by atoms with Gasteiger partial charge in [-0.05, 0) is 84.0 Å². The Morgan fingerprint density at radius 1 is 1.00 bits per heavy atom. The number of pyridine rings is 1. The van der Waals surface area contributed by atoms with Crippen LogP contribution >= 0.6 is 15.9 Å². The highest BCUT2D eigenvalue weighted by Gasteiger charge is 2.21. The molecule has 1 N–H and O–H groups in total. The Morgan fingerprint density at radius 2 is 1.88 bits per heavy atom. The fourth-order valence-electron chi connectivity index (χ4n) is 4.26. The zero-order chi connectivity index (χ0) is 16.1. The van der Waals surface area contributed by atoms with E-state index in [-0.39, 0.29) is 0 Å². The van der Waals surface area contributed by atoms with E-state index >= 15 is 0 Å². The van der Waals surface area contributed by atoms with E-state index < -0.39 is 0 Å². The largest absolute Gasteiger partial charge is 0.354 e. The van der Waals surface area contributed by atoms with Gasteiger partial charge >= 0.3 is 0 Å². The second-order valence-corrected chi connectivity index (χ2v) is 7.84. The minimum Gasteiger partial charge on any atom is -0.354 e. The molecule has 0 fully saturated rings. The van der Waals surface area contributed by atoms with Gasteiger partial charge in [0.15, 0.2) is 0 Å². The van der Waals surface area contributed by atoms with E-state index in [1.807, 2.05) is 6.20 Å². The van der Waals surface area contributed by atoms with Crippen LogP contribution in [0.25, 0.3) is 27.4 Å². The van der Waals surface area contributed by atoms with Crippen molar-refractivity contribution < 1.29 is 0 Å². The molecule has 0 bridgehead atoms. The fourth-order valence-corrected chi connectivity index (χ4v) is 4.74. The fraction of sp³-hybridized carbons (Fsp3) is 0.286. The van der Waals surface area contributed by atoms with Crippen molar-refractivity contribution >= 4 is 43.3 Å². The van der Waals surface area contributed by atoms with Gasteiger partial charge in [-0.15, -0.1) is 0 Å². The Morgan fingerprint density at radius 3 is 2.75 bits per heavy atom. The van der Waals surface area contributed by atoms with Gasteiger partial charge in [-0.3, -0.25) is 4.98 Å². The second kappa shape index (κ2) is 5.59. The molecule has 2 nitrogen and oxygen atoms in total. The number of halogens is 1. The smallest absolute Gasteiger partial charge is 0.0710 e. The normalized spacial score (nSPS) is 17.7. The quantitative estimate of drug-likeness (QED) is 0.548. The number of H-pyrrole nitrogens is 1. The number of rotatable bonds is 1. The van der Waals surface area contributed by atoms with Gasteiger partial charge < -0.3 is 4.98 Å². The number of allylic oxidation sites excluding steroid dienone is 4. The molecular formula is C21H19BrN2. The third-order valence-electron chi connectivity index (χ3n) is 5.36. The van der Waals surface area contributed by atoms with E-state index in [1.165, 1.54) is 63.3 Å². The number of aromatic amines is 1. The number of fused-ring (bicyclic) bond motifs is 5. The van der Waals surface area contributed by atoms with E-state index in [0.717, 1.165) is 18.4 Å². The zero-order valence-electron chi connectivity index (χ0n) is 13.5. The molecule has 0 atom stereocenters. The first kappa shape index (κ1) is 14.5. The highest BCUT2D eigenvalue weighted by atomic mass is 79.9. The number of nitrogens with one attached hydrogen (secondary N) is 1. The van der Waals surface area contributed by atoms with Crippen LogP contribution < -0.4 is 0 Å². The first-order chi connectivity index (χ1) is 11.8. The molecule has 0 spiro atoms. The van der Waals surface area contributed by atoms with Gasteiger partial charge in [0.05, 0.1) is 5.52 Å². The molecule has 5 rings (SSSR count). The van der Waals surface area contributed by atoms with Crippen molar-refractivity contribution in [3.05, 3.63) is 57.9 Å². The maximum absolute atomic E-state index is 4.50. The molecule has 0 saturated heterocycles. The summed E-state index contributed by atoms with van der Waals surface area (Å²) in [5, 5.41) is 2.69. The lowest BCUT2D eigenvalue weighted by Crippen LogP contribution is -2.10. The molecule has 3 aromatic rings. The standard InChI is InChI=1S/C21H19BrN2/c22-14-5-3-4-13(12-14)21-16-7-2-1-6-15(16)20-17-10-11-23-18(17)8-9-19(20)24-21/h4,8-12,24H,1-3,5-7H2. The van der Waals surface area contributed by atoms with Crippen molar-refractivity contribution in [3.8, 4) is 0 Å². The van der Waals surface area contributed by atoms with Crippen LogP contribution in [0, 0.1) is 0 Å². The van der Waals surface area contributed by atoms with Crippen LogP contribution in [0.2, 0.25) is 0 Å². The molecule has 24 heavy (non-hydrogen) atoms. The molecule has 0 unspecified atom stereocenters. The average molecular weight is 379 g/mol. The minimum absolute atomic E-state index is 1.11. The summed E-state index contributed by atoms with van der Waals surface area (Å²) in [6.07, 6.45) is 13.7. The van der Waals surface area contributed by atoms with Gasteiger partial charge in [-0.2, -0.15) is 0 Å². The lowest BCUT2D eigenvalue weighted by Gasteiger charge is -2.24. The monoisotopic (exact) mass is 378 g/mol. The zero-order valence-corrected chi connectivity index (χ0v) is 15.1. The number of aromatic nitrogens is 2. The van der Waals surface area contributed by atoms with E-state index in [0.29, 0.717) is 0 Å². The van der Waals surface area contributed by atoms with Crippen molar-refractivity contribution in [1.82, 2.24) is 9.97 Å². The summed E-state index contributed by atoms with van der Waals surface area (Å²) in [5.74, 6) is 0. The van der Waals surface area contributed by atoms with Gasteiger partial charge in [0.1, 0.15) is 0 Å². The lowest BCUT2D eigenvalue weighted by molar-refractivity contribution is 0.686. The van der Waals surface area contributed by atoms with Crippen LogP contribution in [0.1, 0.15) is 42.5 Å². The van der Waals surface area contributed by atoms with Gasteiger partial charge in [0.25, 0.3) is 0 Å². The first-order valence-corrected chi connectivity index (χ1v) is 9.58. The Hall–Kier alpha value is -1.87. The van der Waals surface area contributed by atoms with Crippen LogP contribution in [0.4, 0.5) is 0 Å². The van der Waals surface area contributed by atoms with Gasteiger partial charge in [-0.25, -0.2) is 0 Å². The summed E-state index contributed by atoms with van der Waals surface area (Å²) in [6, 6.07) is 6.50. The Bertz CT molecular complexity index is 1020. The maximum atomic E-state index is 4.50. The Labute approximate surface area is 149 Å². The van der Waals surface area contributed by atoms with E-state index in [2.05, 4.69) is 56.2 Å². The van der Waals surface area contributed by atoms with Crippen LogP contribution in [0.15, 0.2) is 41.0 Å². The Balaban J connectivity index is 1.86. The number of benzene rings is 1. The van der Waals surface area contributed by atoms with Crippen molar-refractivity contribution in [2.75, 3.05) is 0 Å². The number of hydrogen-bond donors (Lipinski definition) is 1. The van der Waals surface area contributed by atoms with Crippen LogP contribution in [-0.2, 0) is 12.8 Å². The molecule has 2 aliphatic rings. The average Bonchev–Trinajstić information content (AvgIpc) is 3.09. The summed E-state index contributed by atoms with van der Waals surface area (Å²) >= 11 is 3.70. The highest BCUT2D eigenvalue weighted by Crippen LogP contribution is 2.38. The molecule has 1 aromatic carbocycles. The van der Waals surface area contributed by atoms with Crippen molar-refractivity contribution in [2.24, 2.45) is 0 Å². The third kappa shape index (κ3) is 2.18. The molecule has 0 aliphatic heterocycles. The van der Waals surface area contributed by atoms with Crippen LogP contribution in [0.3, 0.4) is 0 Å². The predicted octanol–water partition coefficient (Wildman–Crippen LogP) is 6.05. The van der Waals surface area contributed by atoms with Crippen LogP contribution in [-0.4, -0.2) is 9.97 Å². The molecule has 0 saturated carbocycles. The highest BCUT2D eigenvalue weighted by molar-refractivity contribution is 9.11. The molecular weight excluding hydrogens is 360 g/mol. The summed E-state index contributed by atoms with van der Waals surface area (Å²) < 4.78 is 1.30. The number of hydrogen-bond acceptors (Lipinski definition) is 1. The van der Waals surface area contributed by atoms with Crippen molar-refractivity contribution in [1.29, 1.82) is 0 Å². The van der Waals surface area contributed by atoms with Crippen LogP contribution in [0.5, 0.6) is 0 Å². The predicted molar refractivity (Wildman–Crippen MR) is 104 cm³/mol. The van der Waals surface area contributed by atoms with E-state index in [4.69, 9.17) is 0 Å². The summed E-state index contributed by atoms with van der Waals surface area (Å²) in [6.45, 7) is 0. The SMILES string of the molecule is BrC1=CC(c2[nH]c3ccc4nccc4c3c3c2CCCC3)=CCC1. The number of aryl methyl sites for hydroxylation is 1. The van der Waals surface area contributed by atoms with Crippen molar-refractivity contribution in [3.63, 3.8) is 0 Å². The maximum Gasteiger partial charge on any atom is 0.0710 e. The van der Waals surface area contributed by atoms with E-state index in [9.17, 15) is 0 Å². The van der Waals surface area contributed by atoms with Gasteiger partial charge in [-0.1, -0.05) is 22.0 Å². The Kier molecular flexibility index (Phi) is 3.37.